The Hall–Kier alpha value is -11.0. The van der Waals surface area contributed by atoms with Crippen LogP contribution in [-0.4, -0.2) is 86.8 Å². The summed E-state index contributed by atoms with van der Waals surface area (Å²) in [5.41, 5.74) is 40.6. The Bertz CT molecular complexity index is 6060. The number of carboxylic acid groups (broad SMARTS) is 2. The number of rotatable bonds is 18. The number of aliphatic hydroxyl groups excluding tert-OH is 1. The molecule has 6 N–H and O–H groups in total. The molecule has 12 aromatic carbocycles. The largest absolute Gasteiger partial charge is 1.00 e. The second kappa shape index (κ2) is 46.6. The zero-order chi connectivity index (χ0) is 96.0. The number of aliphatic hydroxyl groups is 1. The number of benzene rings is 12. The van der Waals surface area contributed by atoms with Crippen LogP contribution in [0, 0.1) is 5.92 Å². The van der Waals surface area contributed by atoms with Crippen molar-refractivity contribution in [2.24, 2.45) is 27.0 Å². The van der Waals surface area contributed by atoms with Crippen LogP contribution in [-0.2, 0) is 46.9 Å². The van der Waals surface area contributed by atoms with Gasteiger partial charge in [0.1, 0.15) is 12.3 Å². The quantitative estimate of drug-likeness (QED) is 0.0107. The molecule has 0 spiro atoms. The maximum Gasteiger partial charge on any atom is 0.303 e. The SMILES string of the molecule is CC(=O)C(C)C.CC1(C)c2ccccc2-c2ccc(Br)cc21.CC1(C)c2ccccc2-c2ccc(NN=C(c3ccccc3)c3ccccc3)cc21.CC1=Nc2cc3c(cc2C1(C)C)-c1ccccc1C3(C)C.CC1=[N+](CCCCCC(=O)O)c2cc3c(cc2C1(C)C)-c1ccccc1C3(C)C.CCO.NN=C(c1ccccc1)c1ccccc1.O=C(O)CCCCCBr.[2H]C[B].[Br-]. The third-order valence-corrected chi connectivity index (χ3v) is 27.4. The van der Waals surface area contributed by atoms with Crippen LogP contribution >= 0.6 is 31.9 Å². The number of carboxylic acids is 2. The van der Waals surface area contributed by atoms with E-state index in [1.165, 1.54) is 117 Å². The van der Waals surface area contributed by atoms with Crippen LogP contribution < -0.4 is 28.2 Å². The van der Waals surface area contributed by atoms with Crippen molar-refractivity contribution in [3.63, 3.8) is 0 Å². The van der Waals surface area contributed by atoms with Crippen LogP contribution in [0.1, 0.15) is 255 Å². The zero-order valence-electron chi connectivity index (χ0n) is 81.3. The molecule has 2 radical (unpaired) electrons. The summed E-state index contributed by atoms with van der Waals surface area (Å²) >= 11 is 6.83. The van der Waals surface area contributed by atoms with Gasteiger partial charge in [-0.2, -0.15) is 14.8 Å². The number of nitrogens with one attached hydrogen (secondary N) is 1. The van der Waals surface area contributed by atoms with Gasteiger partial charge >= 0.3 is 11.9 Å². The van der Waals surface area contributed by atoms with Crippen molar-refractivity contribution < 1.29 is 52.6 Å². The summed E-state index contributed by atoms with van der Waals surface area (Å²) in [6.45, 7) is 40.3. The fraction of sp³-hybridized carbons (Fsp3) is 0.319. The molecule has 0 aromatic heterocycles. The molecule has 6 aliphatic rings. The molecule has 4 aliphatic carbocycles. The number of hydrogen-bond donors (Lipinski definition) is 5. The highest BCUT2D eigenvalue weighted by atomic mass is 79.9. The predicted octanol–water partition coefficient (Wildman–Crippen LogP) is 25.9. The minimum atomic E-state index is -0.697. The molecule has 0 fully saturated rings. The Morgan fingerprint density at radius 1 is 0.447 bits per heavy atom. The van der Waals surface area contributed by atoms with E-state index in [0.717, 1.165) is 99.9 Å². The predicted molar refractivity (Wildman–Crippen MR) is 559 cm³/mol. The molecule has 0 amide bonds. The van der Waals surface area contributed by atoms with Crippen molar-refractivity contribution in [3.05, 3.63) is 361 Å². The van der Waals surface area contributed by atoms with Crippen LogP contribution in [0.3, 0.4) is 0 Å². The Balaban J connectivity index is 0.000000180. The smallest absolute Gasteiger partial charge is 0.303 e. The van der Waals surface area contributed by atoms with Gasteiger partial charge in [-0.05, 0) is 197 Å². The van der Waals surface area contributed by atoms with Gasteiger partial charge in [-0.1, -0.05) is 359 Å². The van der Waals surface area contributed by atoms with Crippen LogP contribution in [0.4, 0.5) is 17.1 Å². The summed E-state index contributed by atoms with van der Waals surface area (Å²) in [4.78, 5) is 35.7. The molecule has 18 rings (SSSR count). The number of carbonyl (C=O) groups excluding carboxylic acids is 1. The second-order valence-electron chi connectivity index (χ2n) is 37.3. The lowest BCUT2D eigenvalue weighted by Gasteiger charge is -2.23. The number of carbonyl (C=O) groups is 3. The van der Waals surface area contributed by atoms with Crippen molar-refractivity contribution in [1.82, 2.24) is 0 Å². The third kappa shape index (κ3) is 23.8. The van der Waals surface area contributed by atoms with Crippen molar-refractivity contribution >= 4 is 97.3 Å². The average Bonchev–Trinajstić information content (AvgIpc) is 1.56. The lowest BCUT2D eigenvalue weighted by molar-refractivity contribution is -0.439. The normalized spacial score (nSPS) is 14.4. The molecule has 0 unspecified atom stereocenters. The number of hydrogen-bond acceptors (Lipinski definition) is 9. The number of nitrogens with zero attached hydrogens (tertiary/aromatic N) is 4. The first-order valence-electron chi connectivity index (χ1n) is 46.4. The Labute approximate surface area is 815 Å². The van der Waals surface area contributed by atoms with Gasteiger partial charge in [0, 0.05) is 117 Å². The number of halogens is 3. The van der Waals surface area contributed by atoms with Gasteiger partial charge in [-0.15, -0.1) is 0 Å². The van der Waals surface area contributed by atoms with E-state index in [1.54, 1.807) is 13.8 Å². The molecule has 0 saturated carbocycles. The van der Waals surface area contributed by atoms with Gasteiger partial charge in [0.25, 0.3) is 0 Å². The first kappa shape index (κ1) is 103. The molecule has 16 heteroatoms. The number of aliphatic carboxylic acids is 2. The molecule has 0 bridgehead atoms. The average molecular weight is 1960 g/mol. The van der Waals surface area contributed by atoms with Gasteiger partial charge in [0.05, 0.1) is 36.1 Å². The second-order valence-corrected chi connectivity index (χ2v) is 39.0. The van der Waals surface area contributed by atoms with E-state index in [2.05, 4.69) is 334 Å². The molecular formula is C116H132BBr3N6O6. The van der Waals surface area contributed by atoms with Crippen molar-refractivity contribution in [2.45, 2.75) is 215 Å². The minimum Gasteiger partial charge on any atom is -1.00 e. The topological polar surface area (TPSA) is 190 Å². The number of nitrogens with two attached hydrogens (primary N) is 1. The number of fused-ring (bicyclic) bond motifs is 14. The first-order chi connectivity index (χ1) is 62.9. The number of aliphatic imine (C=N–C) groups is 1. The Morgan fingerprint density at radius 3 is 1.18 bits per heavy atom. The molecule has 132 heavy (non-hydrogen) atoms. The maximum atomic E-state index is 10.8. The molecule has 2 heterocycles. The third-order valence-electron chi connectivity index (χ3n) is 26.4. The van der Waals surface area contributed by atoms with E-state index in [9.17, 15) is 14.4 Å². The molecule has 2 aliphatic heterocycles. The molecule has 12 aromatic rings. The molecule has 0 atom stereocenters. The van der Waals surface area contributed by atoms with E-state index in [1.807, 2.05) is 111 Å². The van der Waals surface area contributed by atoms with Gasteiger partial charge in [-0.25, -0.2) is 0 Å². The van der Waals surface area contributed by atoms with Crippen LogP contribution in [0.15, 0.2) is 299 Å². The van der Waals surface area contributed by atoms with Gasteiger partial charge in [0.2, 0.25) is 5.69 Å². The fourth-order valence-electron chi connectivity index (χ4n) is 18.1. The number of ketones is 1. The standard InChI is InChI=1S/C28H24N2.C26H31NO2.C20H21N.C15H13Br.C13H12N2.C6H11BrO2.C5H10O.C2H6O.CH3B.BrH/c1-28(2)25-16-10-9-15-23(25)24-18-17-22(19-26(24)28)29-30-27(20-11-5-3-6-12-20)21-13-7-4-8-14-21;1-17-25(2,3)22-15-19-18-11-8-9-12-20(18)26(4,5)21(19)16-23(22)27(17)14-10-6-7-13-24(28)29;1-12-19(2,3)17-10-14-13-8-6-7-9-15(13)20(4,5)16(14)11-18(17)21-12;1-15(2)13-6-4-3-5-11(13)12-8-7-10(16)9-14(12)15;14-15-13(11-7-3-1-4-8-11)12-9-5-2-6-10-12;7-5-3-1-2-4-6(8)9;1-4(2)5(3)6;1-2-3;1-2;/h3-19,29H,1-2H3;8-9,11-12,15-16H,6-7,10,13-14H2,1-5H3;6-11H,1-5H3;3-9H,1-2H3;1-10H,14H2;1-5H2,(H,8,9);4H,1-3H3;3H,2H2,1H3;1H3;1H/i;;;;;;;;1D;. The molecular weight excluding hydrogens is 1820 g/mol. The van der Waals surface area contributed by atoms with E-state index in [-0.39, 0.29) is 81.0 Å². The lowest BCUT2D eigenvalue weighted by Crippen LogP contribution is -3.00. The highest BCUT2D eigenvalue weighted by molar-refractivity contribution is 9.10. The monoisotopic (exact) mass is 1950 g/mol. The number of anilines is 1. The number of alkyl halides is 1. The summed E-state index contributed by atoms with van der Waals surface area (Å²) in [5.74, 6) is 4.51. The highest BCUT2D eigenvalue weighted by Gasteiger charge is 2.47. The molecule has 0 saturated heterocycles. The number of Topliss-reactive ketones (excluding diaryl/α,β-unsaturated/α-hetero) is 1. The Morgan fingerprint density at radius 2 is 0.788 bits per heavy atom. The van der Waals surface area contributed by atoms with Crippen molar-refractivity contribution in [2.75, 3.05) is 23.9 Å². The minimum absolute atomic E-state index is 0. The summed E-state index contributed by atoms with van der Waals surface area (Å²) in [7, 11) is 4.51. The first-order valence-corrected chi connectivity index (χ1v) is 47.6. The van der Waals surface area contributed by atoms with Gasteiger partial charge in [0.15, 0.2) is 5.71 Å². The van der Waals surface area contributed by atoms with Crippen LogP contribution in [0.5, 0.6) is 0 Å². The Kier molecular flexibility index (Phi) is 36.4. The van der Waals surface area contributed by atoms with Crippen molar-refractivity contribution in [3.8, 4) is 44.5 Å². The van der Waals surface area contributed by atoms with Gasteiger partial charge in [-0.3, -0.25) is 24.8 Å². The van der Waals surface area contributed by atoms with Crippen LogP contribution in [0.25, 0.3) is 44.5 Å². The summed E-state index contributed by atoms with van der Waals surface area (Å²) in [6, 6.07) is 98.2. The van der Waals surface area contributed by atoms with E-state index in [4.69, 9.17) is 32.6 Å². The van der Waals surface area contributed by atoms with E-state index >= 15 is 0 Å². The number of unbranched alkanes of at least 4 members (excludes halogenated alkanes) is 4. The summed E-state index contributed by atoms with van der Waals surface area (Å²) < 4.78 is 9.63. The molecule has 12 nitrogen and oxygen atoms in total. The summed E-state index contributed by atoms with van der Waals surface area (Å²) in [6.07, 6.45) is 6.20. The molecule has 686 valence electrons. The lowest BCUT2D eigenvalue weighted by atomic mass is 9.78. The fourth-order valence-corrected chi connectivity index (χ4v) is 18.9. The summed E-state index contributed by atoms with van der Waals surface area (Å²) in [5, 5.41) is 34.3. The van der Waals surface area contributed by atoms with Gasteiger partial charge < -0.3 is 38.1 Å². The number of hydrazone groups is 2. The van der Waals surface area contributed by atoms with Crippen LogP contribution in [0.2, 0.25) is 6.80 Å². The maximum absolute atomic E-state index is 10.8. The highest BCUT2D eigenvalue weighted by Crippen LogP contribution is 2.56. The van der Waals surface area contributed by atoms with Crippen molar-refractivity contribution in [1.29, 1.82) is 0 Å². The van der Waals surface area contributed by atoms with E-state index in [0.29, 0.717) is 6.42 Å². The zero-order valence-corrected chi connectivity index (χ0v) is 85.0. The van der Waals surface area contributed by atoms with E-state index < -0.39 is 11.9 Å².